The summed E-state index contributed by atoms with van der Waals surface area (Å²) in [5, 5.41) is 14.2. The van der Waals surface area contributed by atoms with E-state index in [0.29, 0.717) is 23.6 Å². The number of hydrogen-bond donors (Lipinski definition) is 1. The van der Waals surface area contributed by atoms with E-state index in [9.17, 15) is 24.5 Å². The molecular formula is C24H25ClN4O5. The number of carbonyl (C=O) groups is 3. The van der Waals surface area contributed by atoms with Gasteiger partial charge in [-0.2, -0.15) is 0 Å². The van der Waals surface area contributed by atoms with E-state index in [-0.39, 0.29) is 17.8 Å². The summed E-state index contributed by atoms with van der Waals surface area (Å²) in [5.41, 5.74) is 0.547. The number of nitro benzene ring substituents is 1. The van der Waals surface area contributed by atoms with Crippen LogP contribution < -0.4 is 15.1 Å². The first-order valence-electron chi connectivity index (χ1n) is 11.2. The standard InChI is InChI=1S/C24H25ClN4O5/c1-4-10-27-19-9-8-17(29(33)34)11-15(19)13-24(20(27)5-2)21(30)26-23(32)28(22(24)31)16-7-6-14(3)18(25)12-16/h6-9,11-12,20H,4-5,10,13H2,1-3H3,(H,26,30,32). The average molecular weight is 485 g/mol. The number of hydrogen-bond acceptors (Lipinski definition) is 6. The van der Waals surface area contributed by atoms with E-state index in [1.54, 1.807) is 25.1 Å². The van der Waals surface area contributed by atoms with Crippen LogP contribution in [0.1, 0.15) is 37.8 Å². The summed E-state index contributed by atoms with van der Waals surface area (Å²) >= 11 is 6.26. The first-order valence-corrected chi connectivity index (χ1v) is 11.5. The van der Waals surface area contributed by atoms with Crippen molar-refractivity contribution in [3.63, 3.8) is 0 Å². The third-order valence-corrected chi connectivity index (χ3v) is 7.08. The van der Waals surface area contributed by atoms with Gasteiger partial charge < -0.3 is 4.90 Å². The maximum atomic E-state index is 14.1. The molecule has 1 saturated heterocycles. The molecule has 0 radical (unpaired) electrons. The number of anilines is 2. The van der Waals surface area contributed by atoms with Gasteiger partial charge in [-0.25, -0.2) is 9.69 Å². The Morgan fingerprint density at radius 1 is 1.18 bits per heavy atom. The van der Waals surface area contributed by atoms with Crippen molar-refractivity contribution in [2.45, 2.75) is 46.1 Å². The lowest BCUT2D eigenvalue weighted by Crippen LogP contribution is -2.72. The molecule has 1 N–H and O–H groups in total. The number of non-ortho nitro benzene ring substituents is 1. The maximum absolute atomic E-state index is 14.1. The van der Waals surface area contributed by atoms with Crippen LogP contribution in [-0.4, -0.2) is 35.4 Å². The molecule has 2 heterocycles. The number of rotatable bonds is 5. The Balaban J connectivity index is 1.91. The quantitative estimate of drug-likeness (QED) is 0.383. The number of benzene rings is 2. The molecule has 9 nitrogen and oxygen atoms in total. The molecule has 10 heteroatoms. The Kier molecular flexibility index (Phi) is 6.07. The van der Waals surface area contributed by atoms with Crippen LogP contribution in [0.25, 0.3) is 0 Å². The van der Waals surface area contributed by atoms with Crippen molar-refractivity contribution in [2.75, 3.05) is 16.3 Å². The number of carbonyl (C=O) groups excluding carboxylic acids is 3. The average Bonchev–Trinajstić information content (AvgIpc) is 2.79. The fraction of sp³-hybridized carbons (Fsp3) is 0.375. The van der Waals surface area contributed by atoms with Gasteiger partial charge in [-0.05, 0) is 49.1 Å². The van der Waals surface area contributed by atoms with Crippen molar-refractivity contribution in [1.82, 2.24) is 5.32 Å². The molecule has 1 fully saturated rings. The summed E-state index contributed by atoms with van der Waals surface area (Å²) in [7, 11) is 0. The number of nitrogens with one attached hydrogen (secondary N) is 1. The second kappa shape index (κ2) is 8.72. The number of nitro groups is 1. The molecule has 2 unspecified atom stereocenters. The van der Waals surface area contributed by atoms with Gasteiger partial charge in [0.1, 0.15) is 0 Å². The van der Waals surface area contributed by atoms with Crippen molar-refractivity contribution < 1.29 is 19.3 Å². The van der Waals surface area contributed by atoms with E-state index < -0.39 is 34.2 Å². The Morgan fingerprint density at radius 2 is 1.91 bits per heavy atom. The van der Waals surface area contributed by atoms with Gasteiger partial charge in [-0.1, -0.05) is 31.5 Å². The highest BCUT2D eigenvalue weighted by atomic mass is 35.5. The van der Waals surface area contributed by atoms with E-state index in [1.807, 2.05) is 18.7 Å². The zero-order valence-corrected chi connectivity index (χ0v) is 19.9. The fourth-order valence-electron chi connectivity index (χ4n) is 5.10. The van der Waals surface area contributed by atoms with Crippen LogP contribution in [-0.2, 0) is 16.0 Å². The highest BCUT2D eigenvalue weighted by molar-refractivity contribution is 6.33. The summed E-state index contributed by atoms with van der Waals surface area (Å²) in [6, 6.07) is 7.94. The molecule has 4 amide bonds. The van der Waals surface area contributed by atoms with Crippen LogP contribution in [0.15, 0.2) is 36.4 Å². The Bertz CT molecular complexity index is 1220. The molecule has 0 aromatic heterocycles. The largest absolute Gasteiger partial charge is 0.367 e. The first-order chi connectivity index (χ1) is 16.1. The lowest BCUT2D eigenvalue weighted by Gasteiger charge is -2.51. The summed E-state index contributed by atoms with van der Waals surface area (Å²) < 4.78 is 0. The minimum atomic E-state index is -1.64. The molecule has 34 heavy (non-hydrogen) atoms. The third kappa shape index (κ3) is 3.51. The summed E-state index contributed by atoms with van der Waals surface area (Å²) in [6.07, 6.45) is 1.12. The molecule has 0 bridgehead atoms. The number of barbiturate groups is 1. The predicted molar refractivity (Wildman–Crippen MR) is 128 cm³/mol. The van der Waals surface area contributed by atoms with Crippen LogP contribution in [0, 0.1) is 22.5 Å². The molecule has 2 aliphatic heterocycles. The minimum Gasteiger partial charge on any atom is -0.367 e. The summed E-state index contributed by atoms with van der Waals surface area (Å²) in [4.78, 5) is 54.3. The third-order valence-electron chi connectivity index (χ3n) is 6.68. The molecule has 1 spiro atoms. The van der Waals surface area contributed by atoms with Gasteiger partial charge in [0.05, 0.1) is 16.7 Å². The number of halogens is 1. The Labute approximate surface area is 201 Å². The van der Waals surface area contributed by atoms with Crippen molar-refractivity contribution in [3.05, 3.63) is 62.7 Å². The van der Waals surface area contributed by atoms with E-state index in [2.05, 4.69) is 5.32 Å². The van der Waals surface area contributed by atoms with Crippen LogP contribution >= 0.6 is 11.6 Å². The van der Waals surface area contributed by atoms with Crippen molar-refractivity contribution in [1.29, 1.82) is 0 Å². The summed E-state index contributed by atoms with van der Waals surface area (Å²) in [6.45, 7) is 6.20. The van der Waals surface area contributed by atoms with Crippen molar-refractivity contribution in [2.24, 2.45) is 5.41 Å². The highest BCUT2D eigenvalue weighted by Crippen LogP contribution is 2.47. The first kappa shape index (κ1) is 23.7. The Morgan fingerprint density at radius 3 is 2.53 bits per heavy atom. The van der Waals surface area contributed by atoms with E-state index in [0.717, 1.165) is 22.6 Å². The summed E-state index contributed by atoms with van der Waals surface area (Å²) in [5.74, 6) is -1.35. The van der Waals surface area contributed by atoms with Gasteiger partial charge in [0, 0.05) is 35.8 Å². The molecular weight excluding hydrogens is 460 g/mol. The van der Waals surface area contributed by atoms with Crippen LogP contribution in [0.3, 0.4) is 0 Å². The molecule has 2 aromatic rings. The maximum Gasteiger partial charge on any atom is 0.335 e. The van der Waals surface area contributed by atoms with Gasteiger partial charge in [0.15, 0.2) is 5.41 Å². The number of imide groups is 2. The molecule has 2 aliphatic rings. The zero-order valence-electron chi connectivity index (χ0n) is 19.1. The number of nitrogens with zero attached hydrogens (tertiary/aromatic N) is 3. The molecule has 178 valence electrons. The predicted octanol–water partition coefficient (Wildman–Crippen LogP) is 4.38. The molecule has 2 aromatic carbocycles. The Hall–Kier alpha value is -3.46. The van der Waals surface area contributed by atoms with Crippen LogP contribution in [0.5, 0.6) is 0 Å². The molecule has 0 aliphatic carbocycles. The topological polar surface area (TPSA) is 113 Å². The van der Waals surface area contributed by atoms with Crippen molar-refractivity contribution >= 4 is 46.5 Å². The minimum absolute atomic E-state index is 0.0588. The van der Waals surface area contributed by atoms with Crippen molar-refractivity contribution in [3.8, 4) is 0 Å². The molecule has 4 rings (SSSR count). The normalized spacial score (nSPS) is 22.1. The zero-order chi connectivity index (χ0) is 24.8. The van der Waals surface area contributed by atoms with Crippen LogP contribution in [0.4, 0.5) is 21.9 Å². The number of aryl methyl sites for hydroxylation is 1. The number of amides is 4. The number of urea groups is 1. The van der Waals surface area contributed by atoms with Gasteiger partial charge >= 0.3 is 6.03 Å². The van der Waals surface area contributed by atoms with Gasteiger partial charge in [-0.3, -0.25) is 25.0 Å². The fourth-order valence-corrected chi connectivity index (χ4v) is 5.28. The van der Waals surface area contributed by atoms with E-state index >= 15 is 0 Å². The van der Waals surface area contributed by atoms with E-state index in [1.165, 1.54) is 18.2 Å². The van der Waals surface area contributed by atoms with Gasteiger partial charge in [0.25, 0.3) is 11.6 Å². The highest BCUT2D eigenvalue weighted by Gasteiger charge is 2.61. The molecule has 0 saturated carbocycles. The SMILES string of the molecule is CCCN1c2ccc([N+](=O)[O-])cc2CC2(C(=O)NC(=O)N(c3ccc(C)c(Cl)c3)C2=O)C1CC. The number of fused-ring (bicyclic) bond motifs is 1. The van der Waals surface area contributed by atoms with Gasteiger partial charge in [0.2, 0.25) is 5.91 Å². The monoisotopic (exact) mass is 484 g/mol. The lowest BCUT2D eigenvalue weighted by atomic mass is 9.67. The smallest absolute Gasteiger partial charge is 0.335 e. The van der Waals surface area contributed by atoms with E-state index in [4.69, 9.17) is 11.6 Å². The lowest BCUT2D eigenvalue weighted by molar-refractivity contribution is -0.384. The van der Waals surface area contributed by atoms with Gasteiger partial charge in [-0.15, -0.1) is 0 Å². The molecule has 2 atom stereocenters. The van der Waals surface area contributed by atoms with Crippen LogP contribution in [0.2, 0.25) is 5.02 Å². The second-order valence-corrected chi connectivity index (χ2v) is 9.08. The second-order valence-electron chi connectivity index (χ2n) is 8.67.